The van der Waals surface area contributed by atoms with E-state index in [9.17, 15) is 22.8 Å². The van der Waals surface area contributed by atoms with Crippen molar-refractivity contribution in [3.05, 3.63) is 78.1 Å². The van der Waals surface area contributed by atoms with E-state index in [0.29, 0.717) is 23.5 Å². The van der Waals surface area contributed by atoms with Crippen LogP contribution >= 0.6 is 11.8 Å². The molecule has 1 aliphatic rings. The van der Waals surface area contributed by atoms with Crippen LogP contribution in [0.4, 0.5) is 29.3 Å². The number of nitrogens with one attached hydrogen (secondary N) is 1. The third-order valence-electron chi connectivity index (χ3n) is 6.88. The molecule has 0 saturated carbocycles. The van der Waals surface area contributed by atoms with Gasteiger partial charge >= 0.3 is 12.4 Å². The fourth-order valence-electron chi connectivity index (χ4n) is 4.77. The Morgan fingerprint density at radius 2 is 1.90 bits per heavy atom. The molecule has 1 fully saturated rings. The van der Waals surface area contributed by atoms with Crippen LogP contribution in [0.15, 0.2) is 72.0 Å². The number of methoxy groups -OCH3 is 1. The molecule has 16 heteroatoms. The summed E-state index contributed by atoms with van der Waals surface area (Å²) in [5.74, 6) is 0.0401. The van der Waals surface area contributed by atoms with Crippen LogP contribution in [0, 0.1) is 6.92 Å². The predicted molar refractivity (Wildman–Crippen MR) is 174 cm³/mol. The van der Waals surface area contributed by atoms with Crippen molar-refractivity contribution in [1.82, 2.24) is 14.8 Å². The molecule has 5 rings (SSSR count). The second-order valence-corrected chi connectivity index (χ2v) is 11.3. The number of aliphatic imine (C=N–C) groups is 1. The maximum absolute atomic E-state index is 13.2. The Morgan fingerprint density at radius 3 is 2.60 bits per heavy atom. The summed E-state index contributed by atoms with van der Waals surface area (Å²) < 4.78 is 59.4. The molecule has 0 bridgehead atoms. The molecule has 48 heavy (non-hydrogen) atoms. The first-order valence-corrected chi connectivity index (χ1v) is 15.6. The Bertz CT molecular complexity index is 1810. The van der Waals surface area contributed by atoms with E-state index >= 15 is 0 Å². The van der Waals surface area contributed by atoms with E-state index < -0.39 is 12.4 Å². The van der Waals surface area contributed by atoms with Gasteiger partial charge in [-0.05, 0) is 74.9 Å². The number of halogens is 3. The van der Waals surface area contributed by atoms with Gasteiger partial charge in [-0.25, -0.2) is 14.5 Å². The van der Waals surface area contributed by atoms with E-state index in [-0.39, 0.29) is 52.7 Å². The number of carbonyl (C=O) groups is 2. The normalized spacial score (nSPS) is 14.8. The average molecular weight is 685 g/mol. The lowest BCUT2D eigenvalue weighted by Crippen LogP contribution is -2.31. The summed E-state index contributed by atoms with van der Waals surface area (Å²) in [6.07, 6.45) is -3.69. The molecule has 1 aliphatic heterocycles. The van der Waals surface area contributed by atoms with Crippen molar-refractivity contribution >= 4 is 40.2 Å². The first-order chi connectivity index (χ1) is 23.0. The van der Waals surface area contributed by atoms with Gasteiger partial charge in [0.05, 0.1) is 28.9 Å². The number of ether oxygens (including phenoxy) is 4. The Hall–Kier alpha value is -4.93. The smallest absolute Gasteiger partial charge is 0.465 e. The summed E-state index contributed by atoms with van der Waals surface area (Å²) in [5, 5.41) is 7.35. The number of amides is 3. The molecule has 0 radical (unpaired) electrons. The first-order valence-electron chi connectivity index (χ1n) is 14.6. The molecule has 1 aromatic heterocycles. The van der Waals surface area contributed by atoms with Crippen molar-refractivity contribution in [2.24, 2.45) is 4.99 Å². The summed E-state index contributed by atoms with van der Waals surface area (Å²) in [6, 6.07) is 14.9. The van der Waals surface area contributed by atoms with Gasteiger partial charge in [-0.15, -0.1) is 18.3 Å². The summed E-state index contributed by atoms with van der Waals surface area (Å²) in [6.45, 7) is 6.05. The minimum absolute atomic E-state index is 0.116. The second-order valence-electron chi connectivity index (χ2n) is 10.3. The summed E-state index contributed by atoms with van der Waals surface area (Å²) in [4.78, 5) is 36.2. The number of anilines is 2. The van der Waals surface area contributed by atoms with E-state index in [0.717, 1.165) is 22.9 Å². The molecule has 4 aromatic rings. The van der Waals surface area contributed by atoms with Gasteiger partial charge in [-0.1, -0.05) is 23.9 Å². The highest BCUT2D eigenvalue weighted by atomic mass is 32.2. The molecule has 1 atom stereocenters. The second kappa shape index (κ2) is 14.9. The third kappa shape index (κ3) is 8.31. The van der Waals surface area contributed by atoms with Crippen LogP contribution in [0.25, 0.3) is 17.1 Å². The van der Waals surface area contributed by atoms with Crippen molar-refractivity contribution < 1.29 is 41.7 Å². The van der Waals surface area contributed by atoms with E-state index in [1.807, 2.05) is 39.0 Å². The Kier molecular flexibility index (Phi) is 10.7. The van der Waals surface area contributed by atoms with Gasteiger partial charge in [0.2, 0.25) is 5.91 Å². The Morgan fingerprint density at radius 1 is 1.12 bits per heavy atom. The maximum Gasteiger partial charge on any atom is 0.573 e. The molecule has 12 nitrogen and oxygen atoms in total. The molecule has 252 valence electrons. The zero-order valence-corrected chi connectivity index (χ0v) is 27.1. The average Bonchev–Trinajstić information content (AvgIpc) is 3.67. The number of amidine groups is 1. The number of hydrogen-bond acceptors (Lipinski definition) is 9. The number of aryl methyl sites for hydroxylation is 1. The lowest BCUT2D eigenvalue weighted by atomic mass is 10.0. The highest BCUT2D eigenvalue weighted by molar-refractivity contribution is 8.15. The fraction of sp³-hybridized carbons (Fsp3) is 0.281. The quantitative estimate of drug-likeness (QED) is 0.168. The number of nitrogens with zero attached hydrogens (tertiary/aromatic N) is 5. The number of aromatic nitrogens is 3. The van der Waals surface area contributed by atoms with Crippen LogP contribution in [0.2, 0.25) is 0 Å². The molecule has 2 heterocycles. The third-order valence-corrected chi connectivity index (χ3v) is 7.81. The zero-order valence-electron chi connectivity index (χ0n) is 26.3. The number of hydrogen-bond donors (Lipinski definition) is 1. The SMILES string of the molecule is CCOC(C)c1ccc(C)cc1N1C(=O)CS/C1=N\C(=O)Nc1ccc(-c2ncn(-c3ccc(OC(F)(F)F)cc3)n2)cc1OCOC. The Labute approximate surface area is 277 Å². The number of carbonyl (C=O) groups excluding carboxylic acids is 2. The van der Waals surface area contributed by atoms with Gasteiger partial charge in [0.1, 0.15) is 17.8 Å². The van der Waals surface area contributed by atoms with Crippen molar-refractivity contribution in [3.8, 4) is 28.6 Å². The molecule has 0 aliphatic carbocycles. The van der Waals surface area contributed by atoms with Crippen LogP contribution in [0.3, 0.4) is 0 Å². The predicted octanol–water partition coefficient (Wildman–Crippen LogP) is 6.89. The number of benzene rings is 3. The Balaban J connectivity index is 1.37. The first kappa shape index (κ1) is 34.4. The van der Waals surface area contributed by atoms with Crippen molar-refractivity contribution in [1.29, 1.82) is 0 Å². The highest BCUT2D eigenvalue weighted by Crippen LogP contribution is 2.35. The number of rotatable bonds is 11. The highest BCUT2D eigenvalue weighted by Gasteiger charge is 2.33. The minimum Gasteiger partial charge on any atom is -0.465 e. The number of alkyl halides is 3. The zero-order chi connectivity index (χ0) is 34.4. The van der Waals surface area contributed by atoms with Crippen LogP contribution in [-0.2, 0) is 14.3 Å². The standard InChI is InChI=1S/C32H31F3N6O6S/c1-5-45-20(3)24-12-6-19(2)14-26(24)41-28(42)16-48-31(41)38-30(43)37-25-13-7-21(15-27(25)46-18-44-4)29-36-17-40(39-29)22-8-10-23(11-9-22)47-32(33,34)35/h6-15,17,20H,5,16,18H2,1-4H3,(H,37,43)/b38-31-. The summed E-state index contributed by atoms with van der Waals surface area (Å²) in [7, 11) is 1.44. The maximum atomic E-state index is 13.2. The summed E-state index contributed by atoms with van der Waals surface area (Å²) >= 11 is 1.15. The van der Waals surface area contributed by atoms with Crippen LogP contribution in [0.5, 0.6) is 11.5 Å². The van der Waals surface area contributed by atoms with Crippen molar-refractivity contribution in [2.45, 2.75) is 33.2 Å². The van der Waals surface area contributed by atoms with Gasteiger partial charge in [0.25, 0.3) is 0 Å². The van der Waals surface area contributed by atoms with Gasteiger partial charge in [0.15, 0.2) is 17.8 Å². The molecule has 3 aromatic carbocycles. The fourth-order valence-corrected chi connectivity index (χ4v) is 5.63. The lowest BCUT2D eigenvalue weighted by molar-refractivity contribution is -0.274. The molecule has 0 spiro atoms. The molecular formula is C32H31F3N6O6S. The van der Waals surface area contributed by atoms with Gasteiger partial charge in [-0.2, -0.15) is 4.99 Å². The van der Waals surface area contributed by atoms with Gasteiger partial charge < -0.3 is 24.3 Å². The number of urea groups is 1. The van der Waals surface area contributed by atoms with Gasteiger partial charge in [-0.3, -0.25) is 9.69 Å². The minimum atomic E-state index is -4.80. The van der Waals surface area contributed by atoms with E-state index in [4.69, 9.17) is 14.2 Å². The van der Waals surface area contributed by atoms with Crippen LogP contribution < -0.4 is 19.7 Å². The number of thioether (sulfide) groups is 1. The van der Waals surface area contributed by atoms with Gasteiger partial charge in [0, 0.05) is 24.8 Å². The van der Waals surface area contributed by atoms with Crippen LogP contribution in [-0.4, -0.2) is 64.5 Å². The lowest BCUT2D eigenvalue weighted by Gasteiger charge is -2.23. The van der Waals surface area contributed by atoms with E-state index in [1.54, 1.807) is 18.2 Å². The molecule has 1 unspecified atom stereocenters. The molecule has 1 saturated heterocycles. The topological polar surface area (TPSA) is 129 Å². The molecular weight excluding hydrogens is 653 g/mol. The molecule has 1 N–H and O–H groups in total. The van der Waals surface area contributed by atoms with Crippen molar-refractivity contribution in [3.63, 3.8) is 0 Å². The molecule has 3 amide bonds. The largest absolute Gasteiger partial charge is 0.573 e. The summed E-state index contributed by atoms with van der Waals surface area (Å²) in [5.41, 5.74) is 3.55. The van der Waals surface area contributed by atoms with E-state index in [1.165, 1.54) is 47.3 Å². The van der Waals surface area contributed by atoms with E-state index in [2.05, 4.69) is 25.1 Å². The monoisotopic (exact) mass is 684 g/mol. The van der Waals surface area contributed by atoms with Crippen molar-refractivity contribution in [2.75, 3.05) is 36.5 Å². The van der Waals surface area contributed by atoms with Crippen LogP contribution in [0.1, 0.15) is 31.1 Å².